The minimum Gasteiger partial charge on any atom is -0.356 e. The number of hydrogen-bond acceptors (Lipinski definition) is 3. The van der Waals surface area contributed by atoms with Gasteiger partial charge in [-0.25, -0.2) is 0 Å². The van der Waals surface area contributed by atoms with Crippen molar-refractivity contribution >= 4 is 29.3 Å². The molecule has 116 valence electrons. The molecule has 7 heteroatoms. The molecule has 2 rings (SSSR count). The van der Waals surface area contributed by atoms with E-state index in [2.05, 4.69) is 22.3 Å². The number of aromatic amines is 1. The number of carbonyl (C=O) groups is 1. The van der Waals surface area contributed by atoms with Gasteiger partial charge in [0.05, 0.1) is 5.69 Å². The molecule has 0 saturated heterocycles. The summed E-state index contributed by atoms with van der Waals surface area (Å²) in [6, 6.07) is 0. The first kappa shape index (κ1) is 15.8. The van der Waals surface area contributed by atoms with Crippen LogP contribution in [0.4, 0.5) is 0 Å². The summed E-state index contributed by atoms with van der Waals surface area (Å²) >= 11 is 5.38. The maximum atomic E-state index is 11.7. The fourth-order valence-electron chi connectivity index (χ4n) is 2.46. The normalized spacial score (nSPS) is 11.2. The molecule has 6 nitrogen and oxygen atoms in total. The van der Waals surface area contributed by atoms with Gasteiger partial charge in [-0.1, -0.05) is 20.3 Å². The second kappa shape index (κ2) is 6.89. The third-order valence-electron chi connectivity index (χ3n) is 3.44. The van der Waals surface area contributed by atoms with Gasteiger partial charge in [-0.3, -0.25) is 9.48 Å². The van der Waals surface area contributed by atoms with E-state index >= 15 is 0 Å². The zero-order valence-electron chi connectivity index (χ0n) is 12.9. The molecule has 0 aliphatic rings. The first-order valence-corrected chi connectivity index (χ1v) is 7.90. The van der Waals surface area contributed by atoms with Gasteiger partial charge in [0, 0.05) is 26.6 Å². The molecule has 2 heterocycles. The largest absolute Gasteiger partial charge is 0.356 e. The van der Waals surface area contributed by atoms with E-state index in [-0.39, 0.29) is 5.91 Å². The van der Waals surface area contributed by atoms with Crippen molar-refractivity contribution in [1.29, 1.82) is 0 Å². The summed E-state index contributed by atoms with van der Waals surface area (Å²) in [6.07, 6.45) is 3.33. The van der Waals surface area contributed by atoms with Crippen molar-refractivity contribution in [3.8, 4) is 0 Å². The van der Waals surface area contributed by atoms with Gasteiger partial charge in [0.1, 0.15) is 5.52 Å². The van der Waals surface area contributed by atoms with E-state index < -0.39 is 0 Å². The predicted molar refractivity (Wildman–Crippen MR) is 85.8 cm³/mol. The summed E-state index contributed by atoms with van der Waals surface area (Å²) in [7, 11) is 1.91. The van der Waals surface area contributed by atoms with Gasteiger partial charge in [0.2, 0.25) is 5.91 Å². The van der Waals surface area contributed by atoms with Crippen LogP contribution in [0.25, 0.3) is 11.2 Å². The molecule has 21 heavy (non-hydrogen) atoms. The minimum absolute atomic E-state index is 0.0593. The molecule has 2 aromatic heterocycles. The van der Waals surface area contributed by atoms with Gasteiger partial charge >= 0.3 is 0 Å². The second-order valence-electron chi connectivity index (χ2n) is 5.20. The first-order valence-electron chi connectivity index (χ1n) is 7.49. The monoisotopic (exact) mass is 309 g/mol. The van der Waals surface area contributed by atoms with E-state index in [0.717, 1.165) is 42.7 Å². The Balaban J connectivity index is 2.22. The van der Waals surface area contributed by atoms with Gasteiger partial charge in [0.15, 0.2) is 10.4 Å². The third-order valence-corrected chi connectivity index (χ3v) is 3.77. The Morgan fingerprint density at radius 2 is 2.14 bits per heavy atom. The zero-order chi connectivity index (χ0) is 15.4. The van der Waals surface area contributed by atoms with E-state index in [1.165, 1.54) is 0 Å². The molecule has 0 aliphatic carbocycles. The van der Waals surface area contributed by atoms with Crippen LogP contribution in [0.3, 0.4) is 0 Å². The highest BCUT2D eigenvalue weighted by atomic mass is 32.1. The minimum atomic E-state index is 0.0593. The van der Waals surface area contributed by atoms with Crippen LogP contribution in [0, 0.1) is 4.77 Å². The number of nitrogens with zero attached hydrogens (tertiary/aromatic N) is 3. The molecule has 0 spiro atoms. The van der Waals surface area contributed by atoms with Crippen molar-refractivity contribution in [2.45, 2.75) is 46.1 Å². The highest BCUT2D eigenvalue weighted by Crippen LogP contribution is 2.19. The van der Waals surface area contributed by atoms with E-state index in [0.29, 0.717) is 17.7 Å². The number of fused-ring (bicyclic) bond motifs is 1. The highest BCUT2D eigenvalue weighted by Gasteiger charge is 2.15. The maximum absolute atomic E-state index is 11.7. The van der Waals surface area contributed by atoms with Crippen LogP contribution in [-0.4, -0.2) is 31.8 Å². The summed E-state index contributed by atoms with van der Waals surface area (Å²) in [6.45, 7) is 5.46. The lowest BCUT2D eigenvalue weighted by atomic mass is 10.2. The standard InChI is InChI=1S/C14H23N5OS/c1-4-6-10-12-13(18(3)17-10)19(14(21)16-12)9-7-11(20)15-8-5-2/h4-9H2,1-3H3,(H,15,20)(H,16,21). The van der Waals surface area contributed by atoms with Gasteiger partial charge < -0.3 is 14.9 Å². The number of aryl methyl sites for hydroxylation is 3. The Morgan fingerprint density at radius 3 is 2.81 bits per heavy atom. The molecule has 1 amide bonds. The van der Waals surface area contributed by atoms with E-state index in [1.54, 1.807) is 0 Å². The van der Waals surface area contributed by atoms with Crippen molar-refractivity contribution in [1.82, 2.24) is 24.6 Å². The number of H-pyrrole nitrogens is 1. The Hall–Kier alpha value is -1.63. The van der Waals surface area contributed by atoms with Crippen molar-refractivity contribution < 1.29 is 4.79 Å². The summed E-state index contributed by atoms with van der Waals surface area (Å²) in [5.41, 5.74) is 3.00. The molecular formula is C14H23N5OS. The number of aromatic nitrogens is 4. The van der Waals surface area contributed by atoms with Crippen molar-refractivity contribution in [3.05, 3.63) is 10.5 Å². The molecule has 2 N–H and O–H groups in total. The molecule has 0 fully saturated rings. The quantitative estimate of drug-likeness (QED) is 0.771. The van der Waals surface area contributed by atoms with E-state index in [4.69, 9.17) is 12.2 Å². The fourth-order valence-corrected chi connectivity index (χ4v) is 2.74. The summed E-state index contributed by atoms with van der Waals surface area (Å²) < 4.78 is 4.46. The van der Waals surface area contributed by atoms with Crippen LogP contribution in [0.15, 0.2) is 0 Å². The maximum Gasteiger partial charge on any atom is 0.221 e. The number of imidazole rings is 1. The smallest absolute Gasteiger partial charge is 0.221 e. The summed E-state index contributed by atoms with van der Waals surface area (Å²) in [5.74, 6) is 0.0593. The lowest BCUT2D eigenvalue weighted by molar-refractivity contribution is -0.121. The predicted octanol–water partition coefficient (Wildman–Crippen LogP) is 2.30. The van der Waals surface area contributed by atoms with E-state index in [1.807, 2.05) is 23.2 Å². The SMILES string of the molecule is CCCNC(=O)CCn1c(=S)[nH]c2c(CCC)nn(C)c21. The van der Waals surface area contributed by atoms with Gasteiger partial charge in [-0.2, -0.15) is 5.10 Å². The zero-order valence-corrected chi connectivity index (χ0v) is 13.7. The second-order valence-corrected chi connectivity index (χ2v) is 5.59. The Kier molecular flexibility index (Phi) is 5.17. The lowest BCUT2D eigenvalue weighted by Gasteiger charge is -2.05. The topological polar surface area (TPSA) is 67.6 Å². The van der Waals surface area contributed by atoms with Crippen LogP contribution in [0.2, 0.25) is 0 Å². The molecule has 0 aromatic carbocycles. The number of hydrogen-bond donors (Lipinski definition) is 2. The number of rotatable bonds is 7. The number of carbonyl (C=O) groups excluding carboxylic acids is 1. The Labute approximate surface area is 129 Å². The molecule has 0 atom stereocenters. The van der Waals surface area contributed by atoms with Gasteiger partial charge in [-0.15, -0.1) is 0 Å². The average Bonchev–Trinajstić information content (AvgIpc) is 2.93. The summed E-state index contributed by atoms with van der Waals surface area (Å²) in [4.78, 5) is 15.0. The summed E-state index contributed by atoms with van der Waals surface area (Å²) in [5, 5.41) is 7.42. The van der Waals surface area contributed by atoms with Crippen LogP contribution in [0.5, 0.6) is 0 Å². The van der Waals surface area contributed by atoms with Crippen LogP contribution in [-0.2, 0) is 24.8 Å². The molecular weight excluding hydrogens is 286 g/mol. The van der Waals surface area contributed by atoms with Gasteiger partial charge in [-0.05, 0) is 25.1 Å². The highest BCUT2D eigenvalue weighted by molar-refractivity contribution is 7.71. The fraction of sp³-hybridized carbons (Fsp3) is 0.643. The molecule has 0 aliphatic heterocycles. The van der Waals surface area contributed by atoms with Crippen molar-refractivity contribution in [2.24, 2.45) is 7.05 Å². The van der Waals surface area contributed by atoms with Crippen LogP contribution in [0.1, 0.15) is 38.8 Å². The van der Waals surface area contributed by atoms with Crippen LogP contribution >= 0.6 is 12.2 Å². The lowest BCUT2D eigenvalue weighted by Crippen LogP contribution is -2.25. The van der Waals surface area contributed by atoms with Gasteiger partial charge in [0.25, 0.3) is 0 Å². The number of nitrogens with one attached hydrogen (secondary N) is 2. The molecule has 2 aromatic rings. The Bertz CT molecular complexity index is 681. The third kappa shape index (κ3) is 3.34. The molecule has 0 saturated carbocycles. The molecule has 0 unspecified atom stereocenters. The molecule has 0 radical (unpaired) electrons. The Morgan fingerprint density at radius 1 is 1.38 bits per heavy atom. The van der Waals surface area contributed by atoms with Crippen molar-refractivity contribution in [2.75, 3.05) is 6.54 Å². The number of amides is 1. The molecule has 0 bridgehead atoms. The van der Waals surface area contributed by atoms with E-state index in [9.17, 15) is 4.79 Å². The average molecular weight is 309 g/mol. The van der Waals surface area contributed by atoms with Crippen LogP contribution < -0.4 is 5.32 Å². The first-order chi connectivity index (χ1) is 10.1. The van der Waals surface area contributed by atoms with Crippen molar-refractivity contribution in [3.63, 3.8) is 0 Å².